The molecule has 0 aliphatic rings. The van der Waals surface area contributed by atoms with Crippen molar-refractivity contribution < 1.29 is 9.47 Å². The van der Waals surface area contributed by atoms with Crippen molar-refractivity contribution in [2.75, 3.05) is 24.8 Å². The third-order valence-corrected chi connectivity index (χ3v) is 2.84. The first-order chi connectivity index (χ1) is 10.2. The van der Waals surface area contributed by atoms with Gasteiger partial charge in [-0.05, 0) is 24.6 Å². The molecule has 0 radical (unpaired) electrons. The van der Waals surface area contributed by atoms with Crippen molar-refractivity contribution in [2.24, 2.45) is 0 Å². The lowest BCUT2D eigenvalue weighted by Gasteiger charge is -2.09. The van der Waals surface area contributed by atoms with Crippen LogP contribution in [0.4, 0.5) is 11.6 Å². The Morgan fingerprint density at radius 2 is 2.10 bits per heavy atom. The number of nitrogens with zero attached hydrogens (tertiary/aromatic N) is 2. The van der Waals surface area contributed by atoms with E-state index in [-0.39, 0.29) is 0 Å². The SMILES string of the molecule is CCOCc1nc(N)cc(NCc2cccc(OC)c2)n1. The second-order valence-electron chi connectivity index (χ2n) is 4.44. The van der Waals surface area contributed by atoms with Crippen LogP contribution in [0.2, 0.25) is 0 Å². The molecule has 6 nitrogen and oxygen atoms in total. The Kier molecular flexibility index (Phi) is 5.34. The number of anilines is 2. The van der Waals surface area contributed by atoms with Gasteiger partial charge < -0.3 is 20.5 Å². The van der Waals surface area contributed by atoms with Crippen molar-refractivity contribution >= 4 is 11.6 Å². The van der Waals surface area contributed by atoms with Crippen molar-refractivity contribution in [3.63, 3.8) is 0 Å². The van der Waals surface area contributed by atoms with E-state index in [1.54, 1.807) is 13.2 Å². The highest BCUT2D eigenvalue weighted by atomic mass is 16.5. The van der Waals surface area contributed by atoms with Gasteiger partial charge in [-0.1, -0.05) is 12.1 Å². The third-order valence-electron chi connectivity index (χ3n) is 2.84. The van der Waals surface area contributed by atoms with Crippen LogP contribution in [0.5, 0.6) is 5.75 Å². The van der Waals surface area contributed by atoms with E-state index in [1.807, 2.05) is 31.2 Å². The Morgan fingerprint density at radius 1 is 1.24 bits per heavy atom. The molecular weight excluding hydrogens is 268 g/mol. The average Bonchev–Trinajstić information content (AvgIpc) is 2.50. The van der Waals surface area contributed by atoms with Crippen LogP contribution in [0.1, 0.15) is 18.3 Å². The van der Waals surface area contributed by atoms with Gasteiger partial charge in [-0.15, -0.1) is 0 Å². The zero-order valence-electron chi connectivity index (χ0n) is 12.3. The monoisotopic (exact) mass is 288 g/mol. The average molecular weight is 288 g/mol. The number of hydrogen-bond acceptors (Lipinski definition) is 6. The van der Waals surface area contributed by atoms with Crippen molar-refractivity contribution in [3.8, 4) is 5.75 Å². The van der Waals surface area contributed by atoms with Crippen molar-refractivity contribution in [2.45, 2.75) is 20.1 Å². The predicted molar refractivity (Wildman–Crippen MR) is 82.1 cm³/mol. The van der Waals surface area contributed by atoms with Crippen molar-refractivity contribution in [1.29, 1.82) is 0 Å². The molecule has 2 aromatic rings. The molecule has 0 spiro atoms. The quantitative estimate of drug-likeness (QED) is 0.813. The van der Waals surface area contributed by atoms with Gasteiger partial charge in [0.15, 0.2) is 5.82 Å². The first-order valence-electron chi connectivity index (χ1n) is 6.79. The van der Waals surface area contributed by atoms with Crippen LogP contribution < -0.4 is 15.8 Å². The molecular formula is C15H20N4O2. The van der Waals surface area contributed by atoms with Crippen LogP contribution >= 0.6 is 0 Å². The fourth-order valence-corrected chi connectivity index (χ4v) is 1.84. The molecule has 1 heterocycles. The number of aromatic nitrogens is 2. The van der Waals surface area contributed by atoms with Crippen molar-refractivity contribution in [1.82, 2.24) is 9.97 Å². The molecule has 0 atom stereocenters. The Hall–Kier alpha value is -2.34. The predicted octanol–water partition coefficient (Wildman–Crippen LogP) is 2.22. The van der Waals surface area contributed by atoms with E-state index in [0.717, 1.165) is 11.3 Å². The lowest BCUT2D eigenvalue weighted by molar-refractivity contribution is 0.128. The van der Waals surface area contributed by atoms with Crippen LogP contribution in [0.15, 0.2) is 30.3 Å². The summed E-state index contributed by atoms with van der Waals surface area (Å²) in [7, 11) is 1.65. The van der Waals surface area contributed by atoms with Gasteiger partial charge in [0, 0.05) is 19.2 Å². The number of hydrogen-bond donors (Lipinski definition) is 2. The molecule has 0 aliphatic heterocycles. The van der Waals surface area contributed by atoms with E-state index in [4.69, 9.17) is 15.2 Å². The highest BCUT2D eigenvalue weighted by Gasteiger charge is 2.03. The van der Waals surface area contributed by atoms with Crippen molar-refractivity contribution in [3.05, 3.63) is 41.7 Å². The summed E-state index contributed by atoms with van der Waals surface area (Å²) in [6.45, 7) is 3.52. The zero-order chi connectivity index (χ0) is 15.1. The third kappa shape index (κ3) is 4.61. The summed E-state index contributed by atoms with van der Waals surface area (Å²) >= 11 is 0. The van der Waals surface area contributed by atoms with Crippen LogP contribution in [0.25, 0.3) is 0 Å². The van der Waals surface area contributed by atoms with Gasteiger partial charge in [-0.2, -0.15) is 0 Å². The van der Waals surface area contributed by atoms with E-state index in [2.05, 4.69) is 15.3 Å². The van der Waals surface area contributed by atoms with Gasteiger partial charge in [-0.3, -0.25) is 0 Å². The molecule has 21 heavy (non-hydrogen) atoms. The molecule has 2 rings (SSSR count). The van der Waals surface area contributed by atoms with E-state index < -0.39 is 0 Å². The number of benzene rings is 1. The molecule has 0 aliphatic carbocycles. The number of nitrogen functional groups attached to an aromatic ring is 1. The summed E-state index contributed by atoms with van der Waals surface area (Å²) in [6, 6.07) is 9.55. The molecule has 3 N–H and O–H groups in total. The number of rotatable bonds is 7. The van der Waals surface area contributed by atoms with Crippen LogP contribution in [-0.4, -0.2) is 23.7 Å². The maximum Gasteiger partial charge on any atom is 0.158 e. The lowest BCUT2D eigenvalue weighted by atomic mass is 10.2. The minimum atomic E-state index is 0.357. The summed E-state index contributed by atoms with van der Waals surface area (Å²) in [4.78, 5) is 8.51. The summed E-state index contributed by atoms with van der Waals surface area (Å²) in [5, 5.41) is 3.23. The van der Waals surface area contributed by atoms with Crippen LogP contribution in [0.3, 0.4) is 0 Å². The molecule has 0 bridgehead atoms. The van der Waals surface area contributed by atoms with E-state index in [9.17, 15) is 0 Å². The lowest BCUT2D eigenvalue weighted by Crippen LogP contribution is -2.07. The normalized spacial score (nSPS) is 10.4. The van der Waals surface area contributed by atoms with Gasteiger partial charge >= 0.3 is 0 Å². The van der Waals surface area contributed by atoms with Gasteiger partial charge in [0.2, 0.25) is 0 Å². The number of ether oxygens (including phenoxy) is 2. The van der Waals surface area contributed by atoms with E-state index >= 15 is 0 Å². The highest BCUT2D eigenvalue weighted by molar-refractivity contribution is 5.45. The first-order valence-corrected chi connectivity index (χ1v) is 6.79. The van der Waals surface area contributed by atoms with Gasteiger partial charge in [-0.25, -0.2) is 9.97 Å². The Morgan fingerprint density at radius 3 is 2.86 bits per heavy atom. The minimum Gasteiger partial charge on any atom is -0.497 e. The molecule has 112 valence electrons. The van der Waals surface area contributed by atoms with Crippen LogP contribution in [-0.2, 0) is 17.9 Å². The van der Waals surface area contributed by atoms with Gasteiger partial charge in [0.05, 0.1) is 7.11 Å². The second kappa shape index (κ2) is 7.44. The molecule has 6 heteroatoms. The first kappa shape index (κ1) is 15.1. The summed E-state index contributed by atoms with van der Waals surface area (Å²) < 4.78 is 10.5. The van der Waals surface area contributed by atoms with E-state index in [1.165, 1.54) is 0 Å². The molecule has 0 saturated carbocycles. The number of nitrogens with one attached hydrogen (secondary N) is 1. The molecule has 1 aromatic carbocycles. The standard InChI is InChI=1S/C15H20N4O2/c1-3-21-10-15-18-13(16)8-14(19-15)17-9-11-5-4-6-12(7-11)20-2/h4-8H,3,9-10H2,1-2H3,(H3,16,17,18,19). The number of methoxy groups -OCH3 is 1. The van der Waals surface area contributed by atoms with Crippen LogP contribution in [0, 0.1) is 0 Å². The fraction of sp³-hybridized carbons (Fsp3) is 0.333. The summed E-state index contributed by atoms with van der Waals surface area (Å²) in [6.07, 6.45) is 0. The Bertz CT molecular complexity index is 590. The van der Waals surface area contributed by atoms with E-state index in [0.29, 0.717) is 37.2 Å². The topological polar surface area (TPSA) is 82.3 Å². The highest BCUT2D eigenvalue weighted by Crippen LogP contribution is 2.15. The largest absolute Gasteiger partial charge is 0.497 e. The maximum atomic E-state index is 5.78. The van der Waals surface area contributed by atoms with Gasteiger partial charge in [0.25, 0.3) is 0 Å². The maximum absolute atomic E-state index is 5.78. The molecule has 0 saturated heterocycles. The molecule has 0 fully saturated rings. The number of nitrogens with two attached hydrogens (primary N) is 1. The Labute approximate surface area is 124 Å². The summed E-state index contributed by atoms with van der Waals surface area (Å²) in [5.74, 6) is 2.51. The fourth-order valence-electron chi connectivity index (χ4n) is 1.84. The minimum absolute atomic E-state index is 0.357. The smallest absolute Gasteiger partial charge is 0.158 e. The summed E-state index contributed by atoms with van der Waals surface area (Å²) in [5.41, 5.74) is 6.87. The van der Waals surface area contributed by atoms with Gasteiger partial charge in [0.1, 0.15) is 24.0 Å². The molecule has 0 unspecified atom stereocenters. The molecule has 1 aromatic heterocycles. The second-order valence-corrected chi connectivity index (χ2v) is 4.44. The Balaban J connectivity index is 2.03. The molecule has 0 amide bonds. The zero-order valence-corrected chi connectivity index (χ0v) is 12.3.